The fourth-order valence-corrected chi connectivity index (χ4v) is 4.97. The summed E-state index contributed by atoms with van der Waals surface area (Å²) in [6.07, 6.45) is 4.79. The summed E-state index contributed by atoms with van der Waals surface area (Å²) >= 11 is 0. The van der Waals surface area contributed by atoms with E-state index in [4.69, 9.17) is 19.4 Å². The van der Waals surface area contributed by atoms with E-state index in [1.54, 1.807) is 25.4 Å². The lowest BCUT2D eigenvalue weighted by Gasteiger charge is -2.27. The van der Waals surface area contributed by atoms with Crippen molar-refractivity contribution in [2.75, 3.05) is 38.8 Å². The van der Waals surface area contributed by atoms with Gasteiger partial charge in [0.25, 0.3) is 5.91 Å². The van der Waals surface area contributed by atoms with E-state index < -0.39 is 5.82 Å². The average Bonchev–Trinajstić information content (AvgIpc) is 3.76. The topological polar surface area (TPSA) is 88.6 Å². The van der Waals surface area contributed by atoms with Crippen molar-refractivity contribution in [3.05, 3.63) is 53.1 Å². The van der Waals surface area contributed by atoms with Crippen LogP contribution in [0.15, 0.2) is 30.5 Å². The van der Waals surface area contributed by atoms with E-state index in [9.17, 15) is 9.18 Å². The highest BCUT2D eigenvalue weighted by Gasteiger charge is 2.31. The van der Waals surface area contributed by atoms with Gasteiger partial charge in [0, 0.05) is 49.2 Å². The number of benzene rings is 1. The highest BCUT2D eigenvalue weighted by molar-refractivity contribution is 6.08. The number of hydrogen-bond acceptors (Lipinski definition) is 7. The number of carbonyl (C=O) groups excluding carboxylic acids is 1. The largest absolute Gasteiger partial charge is 0.494 e. The SMILES string of the molecule is COc1cc2c(N3CCN[C@@H](C)CC3)c(C(=O)N[C@@H](C)c3ccc(F)c(OC)c3)cnc2c(C2CC2)n1. The Hall–Kier alpha value is -3.46. The second-order valence-corrected chi connectivity index (χ2v) is 9.96. The van der Waals surface area contributed by atoms with E-state index in [-0.39, 0.29) is 17.7 Å². The molecular weight excluding hydrogens is 473 g/mol. The molecule has 2 atom stereocenters. The van der Waals surface area contributed by atoms with Crippen LogP contribution in [-0.4, -0.2) is 55.8 Å². The maximum Gasteiger partial charge on any atom is 0.255 e. The van der Waals surface area contributed by atoms with Gasteiger partial charge in [-0.15, -0.1) is 0 Å². The second kappa shape index (κ2) is 10.5. The van der Waals surface area contributed by atoms with E-state index in [0.717, 1.165) is 66.7 Å². The van der Waals surface area contributed by atoms with Crippen molar-refractivity contribution < 1.29 is 18.7 Å². The molecule has 196 valence electrons. The minimum Gasteiger partial charge on any atom is -0.494 e. The molecule has 1 amide bonds. The first-order valence-corrected chi connectivity index (χ1v) is 12.9. The molecule has 0 spiro atoms. The third-order valence-corrected chi connectivity index (χ3v) is 7.29. The van der Waals surface area contributed by atoms with Crippen molar-refractivity contribution in [1.29, 1.82) is 0 Å². The zero-order valence-corrected chi connectivity index (χ0v) is 21.8. The fraction of sp³-hybridized carbons (Fsp3) is 0.464. The van der Waals surface area contributed by atoms with Gasteiger partial charge < -0.3 is 25.0 Å². The Morgan fingerprint density at radius 3 is 2.73 bits per heavy atom. The Labute approximate surface area is 216 Å². The Balaban J connectivity index is 1.57. The van der Waals surface area contributed by atoms with Crippen molar-refractivity contribution >= 4 is 22.5 Å². The second-order valence-electron chi connectivity index (χ2n) is 9.96. The van der Waals surface area contributed by atoms with Gasteiger partial charge in [0.15, 0.2) is 11.6 Å². The highest BCUT2D eigenvalue weighted by Crippen LogP contribution is 2.44. The third-order valence-electron chi connectivity index (χ3n) is 7.29. The molecule has 1 saturated heterocycles. The van der Waals surface area contributed by atoms with Crippen LogP contribution >= 0.6 is 0 Å². The quantitative estimate of drug-likeness (QED) is 0.492. The van der Waals surface area contributed by atoms with E-state index in [1.165, 1.54) is 13.2 Å². The number of nitrogens with one attached hydrogen (secondary N) is 2. The Morgan fingerprint density at radius 1 is 1.19 bits per heavy atom. The third kappa shape index (κ3) is 5.18. The first-order valence-electron chi connectivity index (χ1n) is 12.9. The summed E-state index contributed by atoms with van der Waals surface area (Å²) < 4.78 is 24.6. The summed E-state index contributed by atoms with van der Waals surface area (Å²) in [6.45, 7) is 6.43. The monoisotopic (exact) mass is 507 g/mol. The molecule has 1 aliphatic heterocycles. The lowest BCUT2D eigenvalue weighted by molar-refractivity contribution is 0.0940. The van der Waals surface area contributed by atoms with Gasteiger partial charge in [0.2, 0.25) is 5.88 Å². The predicted molar refractivity (Wildman–Crippen MR) is 141 cm³/mol. The van der Waals surface area contributed by atoms with Crippen LogP contribution in [0, 0.1) is 5.82 Å². The van der Waals surface area contributed by atoms with Gasteiger partial charge in [-0.2, -0.15) is 0 Å². The number of pyridine rings is 2. The fourth-order valence-electron chi connectivity index (χ4n) is 4.97. The van der Waals surface area contributed by atoms with Crippen LogP contribution in [-0.2, 0) is 0 Å². The molecule has 0 bridgehead atoms. The molecule has 0 radical (unpaired) electrons. The van der Waals surface area contributed by atoms with Gasteiger partial charge in [-0.05, 0) is 50.8 Å². The molecule has 0 unspecified atom stereocenters. The molecule has 2 aromatic heterocycles. The maximum atomic E-state index is 13.9. The molecule has 3 heterocycles. The number of anilines is 1. The van der Waals surface area contributed by atoms with E-state index >= 15 is 0 Å². The molecule has 5 rings (SSSR count). The van der Waals surface area contributed by atoms with Crippen LogP contribution in [0.4, 0.5) is 10.1 Å². The number of fused-ring (bicyclic) bond motifs is 1. The molecule has 2 N–H and O–H groups in total. The zero-order chi connectivity index (χ0) is 26.1. The van der Waals surface area contributed by atoms with Crippen molar-refractivity contribution in [3.8, 4) is 11.6 Å². The lowest BCUT2D eigenvalue weighted by atomic mass is 10.0. The van der Waals surface area contributed by atoms with Crippen LogP contribution < -0.4 is 25.0 Å². The molecule has 3 aromatic rings. The van der Waals surface area contributed by atoms with Crippen molar-refractivity contribution in [2.24, 2.45) is 0 Å². The molecule has 2 aliphatic rings. The molecular formula is C28H34FN5O3. The summed E-state index contributed by atoms with van der Waals surface area (Å²) in [4.78, 5) is 25.5. The zero-order valence-electron chi connectivity index (χ0n) is 21.8. The number of rotatable bonds is 7. The molecule has 1 saturated carbocycles. The predicted octanol–water partition coefficient (Wildman–Crippen LogP) is 4.34. The number of amides is 1. The van der Waals surface area contributed by atoms with E-state index in [2.05, 4.69) is 22.5 Å². The summed E-state index contributed by atoms with van der Waals surface area (Å²) in [5, 5.41) is 7.50. The Kier molecular flexibility index (Phi) is 7.15. The van der Waals surface area contributed by atoms with E-state index in [1.807, 2.05) is 13.0 Å². The van der Waals surface area contributed by atoms with Crippen molar-refractivity contribution in [1.82, 2.24) is 20.6 Å². The molecule has 37 heavy (non-hydrogen) atoms. The van der Waals surface area contributed by atoms with Gasteiger partial charge >= 0.3 is 0 Å². The number of halogens is 1. The van der Waals surface area contributed by atoms with Gasteiger partial charge in [-0.25, -0.2) is 9.37 Å². The highest BCUT2D eigenvalue weighted by atomic mass is 19.1. The molecule has 9 heteroatoms. The van der Waals surface area contributed by atoms with Crippen LogP contribution in [0.25, 0.3) is 10.9 Å². The Morgan fingerprint density at radius 2 is 2.00 bits per heavy atom. The van der Waals surface area contributed by atoms with Crippen molar-refractivity contribution in [2.45, 2.75) is 51.1 Å². The summed E-state index contributed by atoms with van der Waals surface area (Å²) in [6, 6.07) is 6.54. The summed E-state index contributed by atoms with van der Waals surface area (Å²) in [5.74, 6) is 0.364. The minimum absolute atomic E-state index is 0.144. The number of carbonyl (C=O) groups is 1. The summed E-state index contributed by atoms with van der Waals surface area (Å²) in [5.41, 5.74) is 3.87. The molecule has 1 aromatic carbocycles. The molecule has 8 nitrogen and oxygen atoms in total. The minimum atomic E-state index is -0.441. The number of methoxy groups -OCH3 is 2. The first-order chi connectivity index (χ1) is 17.9. The summed E-state index contributed by atoms with van der Waals surface area (Å²) in [7, 11) is 3.04. The standard InChI is InChI=1S/C28H34FN5O3/c1-16-9-11-34(12-10-30-16)27-20-14-24(37-4)33-25(18-5-6-18)26(20)31-15-21(27)28(35)32-17(2)19-7-8-22(29)23(13-19)36-3/h7-8,13-18,30H,5-6,9-12H2,1-4H3,(H,32,35)/t16-,17-/m0/s1. The Bertz CT molecular complexity index is 1310. The molecule has 2 fully saturated rings. The number of ether oxygens (including phenoxy) is 2. The van der Waals surface area contributed by atoms with Crippen LogP contribution in [0.3, 0.4) is 0 Å². The maximum absolute atomic E-state index is 13.9. The first kappa shape index (κ1) is 25.2. The van der Waals surface area contributed by atoms with Crippen LogP contribution in [0.1, 0.15) is 66.7 Å². The number of aromatic nitrogens is 2. The number of nitrogens with zero attached hydrogens (tertiary/aromatic N) is 3. The van der Waals surface area contributed by atoms with Crippen LogP contribution in [0.5, 0.6) is 11.6 Å². The molecule has 1 aliphatic carbocycles. The van der Waals surface area contributed by atoms with Crippen LogP contribution in [0.2, 0.25) is 0 Å². The van der Waals surface area contributed by atoms with Gasteiger partial charge in [-0.3, -0.25) is 9.78 Å². The van der Waals surface area contributed by atoms with Gasteiger partial charge in [0.05, 0.1) is 42.7 Å². The number of hydrogen-bond donors (Lipinski definition) is 2. The lowest BCUT2D eigenvalue weighted by Crippen LogP contribution is -2.33. The van der Waals surface area contributed by atoms with Gasteiger partial charge in [0.1, 0.15) is 0 Å². The average molecular weight is 508 g/mol. The van der Waals surface area contributed by atoms with Gasteiger partial charge in [-0.1, -0.05) is 6.07 Å². The van der Waals surface area contributed by atoms with E-state index in [0.29, 0.717) is 23.4 Å². The smallest absolute Gasteiger partial charge is 0.255 e. The van der Waals surface area contributed by atoms with Crippen molar-refractivity contribution in [3.63, 3.8) is 0 Å². The normalized spacial score (nSPS) is 18.8.